The zero-order chi connectivity index (χ0) is 10.8. The number of nitrogens with zero attached hydrogens (tertiary/aromatic N) is 1. The van der Waals surface area contributed by atoms with E-state index in [-0.39, 0.29) is 17.5 Å². The molecule has 1 heterocycles. The van der Waals surface area contributed by atoms with Crippen molar-refractivity contribution < 1.29 is 4.74 Å². The van der Waals surface area contributed by atoms with E-state index in [0.29, 0.717) is 0 Å². The molecule has 1 saturated heterocycles. The molecule has 4 heteroatoms. The van der Waals surface area contributed by atoms with Crippen LogP contribution < -0.4 is 5.73 Å². The summed E-state index contributed by atoms with van der Waals surface area (Å²) in [6.45, 7) is 5.97. The molecule has 2 atom stereocenters. The van der Waals surface area contributed by atoms with Crippen LogP contribution in [0.25, 0.3) is 0 Å². The van der Waals surface area contributed by atoms with Gasteiger partial charge in [-0.2, -0.15) is 0 Å². The predicted octanol–water partition coefficient (Wildman–Crippen LogP) is 0.812. The molecule has 0 saturated carbocycles. The number of amidine groups is 1. The number of hydrogen-bond acceptors (Lipinski definition) is 3. The summed E-state index contributed by atoms with van der Waals surface area (Å²) in [6, 6.07) is 0.0322. The quantitative estimate of drug-likeness (QED) is 0.522. The van der Waals surface area contributed by atoms with E-state index in [1.165, 1.54) is 0 Å². The topological polar surface area (TPSA) is 62.3 Å². The van der Waals surface area contributed by atoms with Gasteiger partial charge in [-0.15, -0.1) is 0 Å². The fourth-order valence-electron chi connectivity index (χ4n) is 1.94. The first-order valence-electron chi connectivity index (χ1n) is 5.11. The highest BCUT2D eigenvalue weighted by Crippen LogP contribution is 2.24. The number of nitrogens with two attached hydrogens (primary N) is 1. The Bertz CT molecular complexity index is 219. The molecule has 0 radical (unpaired) electrons. The van der Waals surface area contributed by atoms with Crippen molar-refractivity contribution in [2.45, 2.75) is 38.3 Å². The second-order valence-corrected chi connectivity index (χ2v) is 4.36. The Labute approximate surface area is 85.9 Å². The van der Waals surface area contributed by atoms with Crippen molar-refractivity contribution in [3.05, 3.63) is 0 Å². The summed E-state index contributed by atoms with van der Waals surface area (Å²) >= 11 is 0. The van der Waals surface area contributed by atoms with Gasteiger partial charge >= 0.3 is 0 Å². The van der Waals surface area contributed by atoms with Gasteiger partial charge in [0.25, 0.3) is 0 Å². The van der Waals surface area contributed by atoms with Gasteiger partial charge in [0.05, 0.1) is 11.6 Å². The second-order valence-electron chi connectivity index (χ2n) is 4.36. The van der Waals surface area contributed by atoms with Gasteiger partial charge in [0.15, 0.2) is 0 Å². The molecule has 0 aliphatic carbocycles. The van der Waals surface area contributed by atoms with Gasteiger partial charge < -0.3 is 10.5 Å². The van der Waals surface area contributed by atoms with Crippen molar-refractivity contribution in [2.75, 3.05) is 20.2 Å². The zero-order valence-electron chi connectivity index (χ0n) is 9.34. The van der Waals surface area contributed by atoms with E-state index in [1.807, 2.05) is 6.92 Å². The maximum absolute atomic E-state index is 7.42. The summed E-state index contributed by atoms with van der Waals surface area (Å²) < 4.78 is 5.49. The second kappa shape index (κ2) is 4.28. The number of likely N-dealkylation sites (tertiary alicyclic amines) is 1. The monoisotopic (exact) mass is 199 g/mol. The molecule has 0 aromatic rings. The summed E-state index contributed by atoms with van der Waals surface area (Å²) in [4.78, 5) is 2.22. The average molecular weight is 199 g/mol. The molecule has 0 aromatic heterocycles. The summed E-state index contributed by atoms with van der Waals surface area (Å²) in [5, 5.41) is 7.42. The van der Waals surface area contributed by atoms with Crippen LogP contribution in [0.1, 0.15) is 26.7 Å². The van der Waals surface area contributed by atoms with Gasteiger partial charge in [0.1, 0.15) is 5.84 Å². The van der Waals surface area contributed by atoms with Crippen LogP contribution in [0.15, 0.2) is 0 Å². The SMILES string of the molecule is COC1(C)CCCN(C(C)C(=N)N)C1. The van der Waals surface area contributed by atoms with Gasteiger partial charge in [0, 0.05) is 13.7 Å². The number of rotatable bonds is 3. The summed E-state index contributed by atoms with van der Waals surface area (Å²) in [5.41, 5.74) is 5.43. The van der Waals surface area contributed by atoms with Crippen LogP contribution in [0.4, 0.5) is 0 Å². The van der Waals surface area contributed by atoms with Crippen LogP contribution in [0.3, 0.4) is 0 Å². The third-order valence-electron chi connectivity index (χ3n) is 3.18. The standard InChI is InChI=1S/C10H21N3O/c1-8(9(11)12)13-6-4-5-10(2,7-13)14-3/h8H,4-7H2,1-3H3,(H3,11,12). The molecule has 0 amide bonds. The largest absolute Gasteiger partial charge is 0.386 e. The third-order valence-corrected chi connectivity index (χ3v) is 3.18. The lowest BCUT2D eigenvalue weighted by molar-refractivity contribution is -0.0539. The number of nitrogens with one attached hydrogen (secondary N) is 1. The van der Waals surface area contributed by atoms with Crippen LogP contribution in [-0.2, 0) is 4.74 Å². The summed E-state index contributed by atoms with van der Waals surface area (Å²) in [6.07, 6.45) is 2.20. The number of ether oxygens (including phenoxy) is 1. The fraction of sp³-hybridized carbons (Fsp3) is 0.900. The third kappa shape index (κ3) is 2.45. The van der Waals surface area contributed by atoms with E-state index >= 15 is 0 Å². The molecular weight excluding hydrogens is 178 g/mol. The van der Waals surface area contributed by atoms with E-state index < -0.39 is 0 Å². The Hall–Kier alpha value is -0.610. The highest BCUT2D eigenvalue weighted by Gasteiger charge is 2.33. The highest BCUT2D eigenvalue weighted by atomic mass is 16.5. The average Bonchev–Trinajstić information content (AvgIpc) is 2.16. The minimum atomic E-state index is -0.0675. The van der Waals surface area contributed by atoms with Crippen LogP contribution in [-0.4, -0.2) is 42.6 Å². The Morgan fingerprint density at radius 3 is 2.79 bits per heavy atom. The zero-order valence-corrected chi connectivity index (χ0v) is 9.34. The lowest BCUT2D eigenvalue weighted by Gasteiger charge is -2.41. The Morgan fingerprint density at radius 2 is 2.29 bits per heavy atom. The molecule has 0 spiro atoms. The number of methoxy groups -OCH3 is 1. The van der Waals surface area contributed by atoms with Crippen molar-refractivity contribution in [1.29, 1.82) is 5.41 Å². The first-order chi connectivity index (χ1) is 6.48. The number of hydrogen-bond donors (Lipinski definition) is 2. The summed E-state index contributed by atoms with van der Waals surface area (Å²) in [7, 11) is 1.75. The van der Waals surface area contributed by atoms with Crippen molar-refractivity contribution in [3.8, 4) is 0 Å². The van der Waals surface area contributed by atoms with Crippen LogP contribution in [0, 0.1) is 5.41 Å². The minimum absolute atomic E-state index is 0.0322. The predicted molar refractivity (Wildman–Crippen MR) is 57.6 cm³/mol. The van der Waals surface area contributed by atoms with E-state index in [4.69, 9.17) is 15.9 Å². The fourth-order valence-corrected chi connectivity index (χ4v) is 1.94. The highest BCUT2D eigenvalue weighted by molar-refractivity contribution is 5.82. The first-order valence-corrected chi connectivity index (χ1v) is 5.11. The van der Waals surface area contributed by atoms with Gasteiger partial charge in [-0.1, -0.05) is 0 Å². The summed E-state index contributed by atoms with van der Waals surface area (Å²) in [5.74, 6) is 0.241. The Balaban J connectivity index is 2.60. The molecule has 1 aliphatic rings. The Morgan fingerprint density at radius 1 is 1.64 bits per heavy atom. The molecular formula is C10H21N3O. The molecule has 1 aliphatic heterocycles. The van der Waals surface area contributed by atoms with E-state index in [1.54, 1.807) is 7.11 Å². The smallest absolute Gasteiger partial charge is 0.108 e. The maximum atomic E-state index is 7.42. The molecule has 1 fully saturated rings. The molecule has 4 nitrogen and oxygen atoms in total. The van der Waals surface area contributed by atoms with Crippen LogP contribution in [0.2, 0.25) is 0 Å². The lowest BCUT2D eigenvalue weighted by atomic mass is 9.93. The van der Waals surface area contributed by atoms with E-state index in [9.17, 15) is 0 Å². The molecule has 2 unspecified atom stereocenters. The molecule has 0 aromatic carbocycles. The molecule has 0 bridgehead atoms. The normalized spacial score (nSPS) is 31.4. The first kappa shape index (κ1) is 11.5. The van der Waals surface area contributed by atoms with Crippen molar-refractivity contribution >= 4 is 5.84 Å². The molecule has 3 N–H and O–H groups in total. The van der Waals surface area contributed by atoms with Gasteiger partial charge in [-0.25, -0.2) is 0 Å². The Kier molecular flexibility index (Phi) is 3.50. The van der Waals surface area contributed by atoms with Gasteiger partial charge in [-0.3, -0.25) is 10.3 Å². The van der Waals surface area contributed by atoms with E-state index in [2.05, 4.69) is 11.8 Å². The number of piperidine rings is 1. The van der Waals surface area contributed by atoms with Gasteiger partial charge in [0.2, 0.25) is 0 Å². The van der Waals surface area contributed by atoms with E-state index in [0.717, 1.165) is 25.9 Å². The minimum Gasteiger partial charge on any atom is -0.386 e. The lowest BCUT2D eigenvalue weighted by Crippen LogP contribution is -2.53. The van der Waals surface area contributed by atoms with Crippen molar-refractivity contribution in [1.82, 2.24) is 4.90 Å². The van der Waals surface area contributed by atoms with Crippen LogP contribution >= 0.6 is 0 Å². The molecule has 14 heavy (non-hydrogen) atoms. The van der Waals surface area contributed by atoms with Crippen molar-refractivity contribution in [3.63, 3.8) is 0 Å². The molecule has 1 rings (SSSR count). The molecule has 82 valence electrons. The van der Waals surface area contributed by atoms with Crippen molar-refractivity contribution in [2.24, 2.45) is 5.73 Å². The maximum Gasteiger partial charge on any atom is 0.108 e. The van der Waals surface area contributed by atoms with Crippen LogP contribution in [0.5, 0.6) is 0 Å². The van der Waals surface area contributed by atoms with Gasteiger partial charge in [-0.05, 0) is 33.2 Å².